The van der Waals surface area contributed by atoms with Gasteiger partial charge in [0.25, 0.3) is 0 Å². The number of carbonyl (C=O) groups excluding carboxylic acids is 2. The molecule has 112 valence electrons. The fourth-order valence-electron chi connectivity index (χ4n) is 2.14. The van der Waals surface area contributed by atoms with Crippen molar-refractivity contribution in [1.29, 1.82) is 0 Å². The molecule has 0 bridgehead atoms. The van der Waals surface area contributed by atoms with Crippen LogP contribution in [0.25, 0.3) is 0 Å². The number of amides is 2. The van der Waals surface area contributed by atoms with Crippen LogP contribution in [0.2, 0.25) is 0 Å². The van der Waals surface area contributed by atoms with Crippen LogP contribution in [-0.4, -0.2) is 36.5 Å². The average molecular weight is 282 g/mol. The van der Waals surface area contributed by atoms with Crippen molar-refractivity contribution in [2.45, 2.75) is 32.7 Å². The lowest BCUT2D eigenvalue weighted by atomic mass is 9.99. The Morgan fingerprint density at radius 2 is 2.10 bits per heavy atom. The third-order valence-corrected chi connectivity index (χ3v) is 2.98. The molecular weight excluding hydrogens is 260 g/mol. The molecule has 0 aliphatic heterocycles. The fourth-order valence-corrected chi connectivity index (χ4v) is 2.14. The lowest BCUT2D eigenvalue weighted by Crippen LogP contribution is -2.53. The highest BCUT2D eigenvalue weighted by atomic mass is 16.6. The molecule has 0 heterocycles. The van der Waals surface area contributed by atoms with Gasteiger partial charge < -0.3 is 9.47 Å². The molecular formula is C14H22N2O4. The standard InChI is InChI=1S/C14H22N2O4/c1-4-8-11-9-7-10-12(11)16(14(18)20-6-3)15-13(17)19-5-2/h4,7,9,11-12H,1,5-6,8,10H2,2-3H3,(H,15,17)/t11-,12-/m1/s1. The highest BCUT2D eigenvalue weighted by Gasteiger charge is 2.33. The Morgan fingerprint density at radius 1 is 1.40 bits per heavy atom. The first-order valence-electron chi connectivity index (χ1n) is 6.80. The van der Waals surface area contributed by atoms with Crippen molar-refractivity contribution in [2.24, 2.45) is 5.92 Å². The van der Waals surface area contributed by atoms with Crippen LogP contribution in [0.4, 0.5) is 9.59 Å². The van der Waals surface area contributed by atoms with Crippen molar-refractivity contribution in [1.82, 2.24) is 10.4 Å². The summed E-state index contributed by atoms with van der Waals surface area (Å²) in [6.07, 6.45) is 5.93. The number of carbonyl (C=O) groups is 2. The van der Waals surface area contributed by atoms with Gasteiger partial charge in [0, 0.05) is 5.92 Å². The van der Waals surface area contributed by atoms with Crippen LogP contribution in [0.15, 0.2) is 24.8 Å². The number of nitrogens with zero attached hydrogens (tertiary/aromatic N) is 1. The van der Waals surface area contributed by atoms with Crippen molar-refractivity contribution in [3.05, 3.63) is 24.8 Å². The minimum Gasteiger partial charge on any atom is -0.449 e. The molecule has 0 aromatic heterocycles. The summed E-state index contributed by atoms with van der Waals surface area (Å²) in [5, 5.41) is 1.22. The third-order valence-electron chi connectivity index (χ3n) is 2.98. The van der Waals surface area contributed by atoms with Crippen LogP contribution < -0.4 is 5.43 Å². The van der Waals surface area contributed by atoms with Gasteiger partial charge in [-0.15, -0.1) is 6.58 Å². The predicted molar refractivity (Wildman–Crippen MR) is 74.9 cm³/mol. The molecule has 6 heteroatoms. The Bertz CT molecular complexity index is 381. The minimum absolute atomic E-state index is 0.110. The van der Waals surface area contributed by atoms with E-state index in [2.05, 4.69) is 12.0 Å². The van der Waals surface area contributed by atoms with Gasteiger partial charge in [-0.05, 0) is 26.7 Å². The molecule has 0 radical (unpaired) electrons. The van der Waals surface area contributed by atoms with Crippen LogP contribution >= 0.6 is 0 Å². The van der Waals surface area contributed by atoms with E-state index in [1.165, 1.54) is 5.01 Å². The van der Waals surface area contributed by atoms with Gasteiger partial charge in [0.15, 0.2) is 0 Å². The van der Waals surface area contributed by atoms with Crippen LogP contribution in [0.5, 0.6) is 0 Å². The first kappa shape index (κ1) is 16.1. The van der Waals surface area contributed by atoms with Gasteiger partial charge in [0.1, 0.15) is 0 Å². The summed E-state index contributed by atoms with van der Waals surface area (Å²) in [5.41, 5.74) is 2.46. The molecule has 1 rings (SSSR count). The van der Waals surface area contributed by atoms with E-state index in [1.807, 2.05) is 12.2 Å². The number of nitrogens with one attached hydrogen (secondary N) is 1. The third kappa shape index (κ3) is 4.29. The average Bonchev–Trinajstić information content (AvgIpc) is 2.85. The number of hydrogen-bond acceptors (Lipinski definition) is 4. The minimum atomic E-state index is -0.662. The van der Waals surface area contributed by atoms with E-state index >= 15 is 0 Å². The first-order valence-corrected chi connectivity index (χ1v) is 6.80. The van der Waals surface area contributed by atoms with Gasteiger partial charge in [0.05, 0.1) is 19.3 Å². The van der Waals surface area contributed by atoms with Crippen molar-refractivity contribution < 1.29 is 19.1 Å². The summed E-state index contributed by atoms with van der Waals surface area (Å²) in [6, 6.07) is -0.184. The molecule has 20 heavy (non-hydrogen) atoms. The van der Waals surface area contributed by atoms with Gasteiger partial charge in [-0.1, -0.05) is 18.2 Å². The smallest absolute Gasteiger partial charge is 0.429 e. The molecule has 1 aliphatic rings. The monoisotopic (exact) mass is 282 g/mol. The van der Waals surface area contributed by atoms with E-state index in [9.17, 15) is 9.59 Å². The molecule has 0 spiro atoms. The lowest BCUT2D eigenvalue weighted by Gasteiger charge is -2.31. The summed E-state index contributed by atoms with van der Waals surface area (Å²) in [6.45, 7) is 7.61. The van der Waals surface area contributed by atoms with Gasteiger partial charge in [0.2, 0.25) is 0 Å². The van der Waals surface area contributed by atoms with E-state index in [-0.39, 0.29) is 25.2 Å². The number of rotatable bonds is 5. The summed E-state index contributed by atoms with van der Waals surface area (Å²) in [5.74, 6) is 0.110. The Hall–Kier alpha value is -1.98. The molecule has 2 amide bonds. The van der Waals surface area contributed by atoms with E-state index in [0.717, 1.165) is 6.42 Å². The van der Waals surface area contributed by atoms with Crippen molar-refractivity contribution in [3.8, 4) is 0 Å². The molecule has 0 aromatic carbocycles. The van der Waals surface area contributed by atoms with Gasteiger partial charge in [-0.3, -0.25) is 0 Å². The van der Waals surface area contributed by atoms with E-state index < -0.39 is 12.2 Å². The maximum atomic E-state index is 12.0. The van der Waals surface area contributed by atoms with Gasteiger partial charge in [-0.2, -0.15) is 0 Å². The zero-order valence-electron chi connectivity index (χ0n) is 12.0. The molecule has 0 saturated carbocycles. The normalized spacial score (nSPS) is 20.3. The molecule has 2 atom stereocenters. The summed E-state index contributed by atoms with van der Waals surface area (Å²) in [4.78, 5) is 23.6. The fraction of sp³-hybridized carbons (Fsp3) is 0.571. The largest absolute Gasteiger partial charge is 0.449 e. The molecule has 0 fully saturated rings. The van der Waals surface area contributed by atoms with Gasteiger partial charge in [-0.25, -0.2) is 20.0 Å². The molecule has 0 saturated heterocycles. The van der Waals surface area contributed by atoms with Crippen LogP contribution in [0, 0.1) is 5.92 Å². The Kier molecular flexibility index (Phi) is 6.63. The molecule has 6 nitrogen and oxygen atoms in total. The zero-order chi connectivity index (χ0) is 15.0. The Balaban J connectivity index is 2.78. The van der Waals surface area contributed by atoms with Crippen LogP contribution in [0.3, 0.4) is 0 Å². The van der Waals surface area contributed by atoms with E-state index in [1.54, 1.807) is 19.9 Å². The van der Waals surface area contributed by atoms with E-state index in [4.69, 9.17) is 9.47 Å². The molecule has 1 aliphatic carbocycles. The molecule has 0 aromatic rings. The SMILES string of the molecule is C=CC[C@@H]1C=CC[C@H]1N(NC(=O)OCC)C(=O)OCC. The summed E-state index contributed by atoms with van der Waals surface area (Å²) in [7, 11) is 0. The maximum absolute atomic E-state index is 12.0. The van der Waals surface area contributed by atoms with Crippen LogP contribution in [0.1, 0.15) is 26.7 Å². The Labute approximate surface area is 119 Å². The van der Waals surface area contributed by atoms with Crippen molar-refractivity contribution in [3.63, 3.8) is 0 Å². The van der Waals surface area contributed by atoms with Crippen molar-refractivity contribution >= 4 is 12.2 Å². The van der Waals surface area contributed by atoms with E-state index in [0.29, 0.717) is 6.42 Å². The second kappa shape index (κ2) is 8.24. The topological polar surface area (TPSA) is 67.9 Å². The summed E-state index contributed by atoms with van der Waals surface area (Å²) >= 11 is 0. The molecule has 0 unspecified atom stereocenters. The quantitative estimate of drug-likeness (QED) is 0.621. The predicted octanol–water partition coefficient (Wildman–Crippen LogP) is 2.63. The second-order valence-electron chi connectivity index (χ2n) is 4.32. The highest BCUT2D eigenvalue weighted by Crippen LogP contribution is 2.26. The zero-order valence-corrected chi connectivity index (χ0v) is 12.0. The number of hydrogen-bond donors (Lipinski definition) is 1. The Morgan fingerprint density at radius 3 is 2.70 bits per heavy atom. The number of allylic oxidation sites excluding steroid dienone is 1. The lowest BCUT2D eigenvalue weighted by molar-refractivity contribution is 0.0487. The number of ether oxygens (including phenoxy) is 2. The second-order valence-corrected chi connectivity index (χ2v) is 4.32. The number of hydrazine groups is 1. The van der Waals surface area contributed by atoms with Crippen molar-refractivity contribution in [2.75, 3.05) is 13.2 Å². The molecule has 1 N–H and O–H groups in total. The van der Waals surface area contributed by atoms with Gasteiger partial charge >= 0.3 is 12.2 Å². The summed E-state index contributed by atoms with van der Waals surface area (Å²) < 4.78 is 9.80. The van der Waals surface area contributed by atoms with Crippen LogP contribution in [-0.2, 0) is 9.47 Å². The maximum Gasteiger partial charge on any atom is 0.429 e. The highest BCUT2D eigenvalue weighted by molar-refractivity contribution is 5.74. The first-order chi connectivity index (χ1) is 9.63.